The highest BCUT2D eigenvalue weighted by molar-refractivity contribution is 6.36. The maximum Gasteiger partial charge on any atom is 0.344 e. The Morgan fingerprint density at radius 3 is 2.36 bits per heavy atom. The molecule has 1 amide bonds. The second-order valence-corrected chi connectivity index (χ2v) is 6.68. The number of hydrogen-bond acceptors (Lipinski definition) is 5. The van der Waals surface area contributed by atoms with Crippen molar-refractivity contribution in [3.8, 4) is 5.75 Å². The number of anilines is 1. The fourth-order valence-electron chi connectivity index (χ4n) is 2.19. The van der Waals surface area contributed by atoms with Crippen LogP contribution in [0.5, 0.6) is 5.75 Å². The first-order valence-corrected chi connectivity index (χ1v) is 9.27. The molecule has 0 aliphatic carbocycles. The van der Waals surface area contributed by atoms with E-state index >= 15 is 0 Å². The van der Waals surface area contributed by atoms with Gasteiger partial charge < -0.3 is 14.8 Å². The van der Waals surface area contributed by atoms with Crippen LogP contribution in [-0.4, -0.2) is 30.4 Å². The first-order chi connectivity index (χ1) is 13.3. The number of ether oxygens (including phenoxy) is 2. The number of Topliss-reactive ketones (excluding diaryl/α,β-unsaturated/α-hetero) is 1. The van der Waals surface area contributed by atoms with Crippen LogP contribution in [0.1, 0.15) is 30.6 Å². The highest BCUT2D eigenvalue weighted by atomic mass is 35.5. The molecule has 0 bridgehead atoms. The zero-order valence-electron chi connectivity index (χ0n) is 15.3. The van der Waals surface area contributed by atoms with Crippen LogP contribution >= 0.6 is 23.2 Å². The zero-order valence-corrected chi connectivity index (χ0v) is 16.8. The molecule has 0 saturated carbocycles. The normalized spacial score (nSPS) is 11.4. The second kappa shape index (κ2) is 10.1. The summed E-state index contributed by atoms with van der Waals surface area (Å²) in [6.07, 6.45) is -0.638. The molecule has 2 rings (SSSR count). The van der Waals surface area contributed by atoms with Crippen LogP contribution in [0.3, 0.4) is 0 Å². The third-order valence-corrected chi connectivity index (χ3v) is 4.27. The van der Waals surface area contributed by atoms with Crippen LogP contribution in [0, 0.1) is 0 Å². The minimum atomic E-state index is -1.05. The number of ketones is 1. The van der Waals surface area contributed by atoms with Gasteiger partial charge in [0.2, 0.25) is 0 Å². The van der Waals surface area contributed by atoms with Gasteiger partial charge in [0.25, 0.3) is 5.91 Å². The number of benzene rings is 2. The first-order valence-electron chi connectivity index (χ1n) is 8.51. The van der Waals surface area contributed by atoms with E-state index in [1.54, 1.807) is 43.3 Å². The summed E-state index contributed by atoms with van der Waals surface area (Å²) in [4.78, 5) is 35.6. The van der Waals surface area contributed by atoms with E-state index in [0.29, 0.717) is 28.4 Å². The van der Waals surface area contributed by atoms with Gasteiger partial charge in [-0.3, -0.25) is 9.59 Å². The maximum absolute atomic E-state index is 12.1. The molecule has 0 spiro atoms. The minimum absolute atomic E-state index is 0.0200. The first kappa shape index (κ1) is 21.7. The molecule has 8 heteroatoms. The molecular weight excluding hydrogens is 405 g/mol. The molecule has 148 valence electrons. The van der Waals surface area contributed by atoms with E-state index in [-0.39, 0.29) is 17.4 Å². The molecule has 2 aromatic carbocycles. The average molecular weight is 424 g/mol. The topological polar surface area (TPSA) is 81.7 Å². The molecule has 1 unspecified atom stereocenters. The lowest BCUT2D eigenvalue weighted by molar-refractivity contribution is -0.155. The van der Waals surface area contributed by atoms with Gasteiger partial charge in [0.1, 0.15) is 5.75 Å². The highest BCUT2D eigenvalue weighted by Crippen LogP contribution is 2.25. The van der Waals surface area contributed by atoms with Crippen molar-refractivity contribution < 1.29 is 23.9 Å². The summed E-state index contributed by atoms with van der Waals surface area (Å²) in [5.74, 6) is -0.820. The van der Waals surface area contributed by atoms with Crippen molar-refractivity contribution in [2.24, 2.45) is 0 Å². The van der Waals surface area contributed by atoms with Crippen LogP contribution in [0.4, 0.5) is 5.69 Å². The van der Waals surface area contributed by atoms with E-state index in [2.05, 4.69) is 5.32 Å². The van der Waals surface area contributed by atoms with Crippen molar-refractivity contribution in [1.82, 2.24) is 0 Å². The summed E-state index contributed by atoms with van der Waals surface area (Å²) in [6, 6.07) is 11.0. The number of carbonyl (C=O) groups excluding carboxylic acids is 3. The van der Waals surface area contributed by atoms with Crippen molar-refractivity contribution in [1.29, 1.82) is 0 Å². The molecule has 0 fully saturated rings. The van der Waals surface area contributed by atoms with Crippen molar-refractivity contribution in [2.75, 3.05) is 11.9 Å². The van der Waals surface area contributed by atoms with Crippen LogP contribution in [0.25, 0.3) is 0 Å². The molecule has 0 aliphatic heterocycles. The van der Waals surface area contributed by atoms with Crippen LogP contribution in [0.2, 0.25) is 10.0 Å². The molecule has 0 saturated heterocycles. The van der Waals surface area contributed by atoms with Gasteiger partial charge in [-0.2, -0.15) is 0 Å². The number of carbonyl (C=O) groups is 3. The summed E-state index contributed by atoms with van der Waals surface area (Å²) >= 11 is 11.8. The Bertz CT molecular complexity index is 867. The fraction of sp³-hybridized carbons (Fsp3) is 0.250. The molecule has 1 N–H and O–H groups in total. The number of halogens is 2. The number of rotatable bonds is 8. The van der Waals surface area contributed by atoms with Crippen molar-refractivity contribution in [3.63, 3.8) is 0 Å². The van der Waals surface area contributed by atoms with E-state index in [1.807, 2.05) is 0 Å². The monoisotopic (exact) mass is 423 g/mol. The smallest absolute Gasteiger partial charge is 0.344 e. The van der Waals surface area contributed by atoms with Crippen LogP contribution in [0.15, 0.2) is 42.5 Å². The average Bonchev–Trinajstić information content (AvgIpc) is 2.68. The van der Waals surface area contributed by atoms with Crippen molar-refractivity contribution in [2.45, 2.75) is 26.4 Å². The minimum Gasteiger partial charge on any atom is -0.482 e. The lowest BCUT2D eigenvalue weighted by Crippen LogP contribution is -2.31. The highest BCUT2D eigenvalue weighted by Gasteiger charge is 2.19. The molecule has 28 heavy (non-hydrogen) atoms. The Hall–Kier alpha value is -2.57. The summed E-state index contributed by atoms with van der Waals surface area (Å²) in [5.41, 5.74) is 0.931. The van der Waals surface area contributed by atoms with E-state index in [9.17, 15) is 14.4 Å². The largest absolute Gasteiger partial charge is 0.482 e. The van der Waals surface area contributed by atoms with E-state index < -0.39 is 18.0 Å². The van der Waals surface area contributed by atoms with E-state index in [4.69, 9.17) is 32.7 Å². The Morgan fingerprint density at radius 1 is 1.07 bits per heavy atom. The molecule has 1 atom stereocenters. The molecule has 0 heterocycles. The van der Waals surface area contributed by atoms with Crippen molar-refractivity contribution in [3.05, 3.63) is 58.1 Å². The maximum atomic E-state index is 12.1. The number of amides is 1. The Balaban J connectivity index is 1.83. The van der Waals surface area contributed by atoms with Gasteiger partial charge in [-0.15, -0.1) is 0 Å². The number of nitrogens with one attached hydrogen (secondary N) is 1. The SMILES string of the molecule is CCC(=O)c1ccc(OCC(=O)OC(C)C(=O)Nc2ccc(Cl)cc2Cl)cc1. The van der Waals surface area contributed by atoms with Gasteiger partial charge in [-0.1, -0.05) is 30.1 Å². The van der Waals surface area contributed by atoms with E-state index in [0.717, 1.165) is 0 Å². The Kier molecular flexibility index (Phi) is 7.84. The molecular formula is C20H19Cl2NO5. The Morgan fingerprint density at radius 2 is 1.75 bits per heavy atom. The third kappa shape index (κ3) is 6.25. The third-order valence-electron chi connectivity index (χ3n) is 3.72. The molecule has 0 radical (unpaired) electrons. The fourth-order valence-corrected chi connectivity index (χ4v) is 2.65. The summed E-state index contributed by atoms with van der Waals surface area (Å²) < 4.78 is 10.4. The predicted molar refractivity (Wildman–Crippen MR) is 107 cm³/mol. The number of hydrogen-bond donors (Lipinski definition) is 1. The standard InChI is InChI=1S/C20H19Cl2NO5/c1-3-18(24)13-4-7-15(8-5-13)27-11-19(25)28-12(2)20(26)23-17-9-6-14(21)10-16(17)22/h4-10,12H,3,11H2,1-2H3,(H,23,26). The molecule has 0 aliphatic rings. The van der Waals surface area contributed by atoms with Gasteiger partial charge in [-0.25, -0.2) is 4.79 Å². The lowest BCUT2D eigenvalue weighted by atomic mass is 10.1. The summed E-state index contributed by atoms with van der Waals surface area (Å²) in [6.45, 7) is 2.84. The molecule has 6 nitrogen and oxygen atoms in total. The summed E-state index contributed by atoms with van der Waals surface area (Å²) in [7, 11) is 0. The van der Waals surface area contributed by atoms with Crippen LogP contribution in [-0.2, 0) is 14.3 Å². The number of esters is 1. The quantitative estimate of drug-likeness (QED) is 0.497. The van der Waals surface area contributed by atoms with Crippen LogP contribution < -0.4 is 10.1 Å². The van der Waals surface area contributed by atoms with Gasteiger partial charge >= 0.3 is 5.97 Å². The Labute approximate surface area is 172 Å². The van der Waals surface area contributed by atoms with Gasteiger partial charge in [-0.05, 0) is 49.4 Å². The second-order valence-electron chi connectivity index (χ2n) is 5.84. The van der Waals surface area contributed by atoms with E-state index in [1.165, 1.54) is 13.0 Å². The zero-order chi connectivity index (χ0) is 20.7. The molecule has 0 aromatic heterocycles. The van der Waals surface area contributed by atoms with Gasteiger partial charge in [0.15, 0.2) is 18.5 Å². The van der Waals surface area contributed by atoms with Gasteiger partial charge in [0.05, 0.1) is 10.7 Å². The predicted octanol–water partition coefficient (Wildman–Crippen LogP) is 4.54. The van der Waals surface area contributed by atoms with Crippen molar-refractivity contribution >= 4 is 46.5 Å². The lowest BCUT2D eigenvalue weighted by Gasteiger charge is -2.14. The molecule has 2 aromatic rings. The van der Waals surface area contributed by atoms with Gasteiger partial charge in [0, 0.05) is 17.0 Å². The summed E-state index contributed by atoms with van der Waals surface area (Å²) in [5, 5.41) is 3.27.